The van der Waals surface area contributed by atoms with Crippen LogP contribution in [0, 0.1) is 5.92 Å². The van der Waals surface area contributed by atoms with Crippen molar-refractivity contribution in [1.82, 2.24) is 10.6 Å². The number of ether oxygens (including phenoxy) is 3. The maximum Gasteiger partial charge on any atom is 0.407 e. The van der Waals surface area contributed by atoms with Gasteiger partial charge in [0.15, 0.2) is 17.5 Å². The van der Waals surface area contributed by atoms with Crippen molar-refractivity contribution in [2.24, 2.45) is 10.9 Å². The Morgan fingerprint density at radius 2 is 1.86 bits per heavy atom. The minimum atomic E-state index is -0.416. The quantitative estimate of drug-likeness (QED) is 0.417. The molecule has 1 amide bonds. The predicted molar refractivity (Wildman–Crippen MR) is 113 cm³/mol. The molecule has 0 bridgehead atoms. The van der Waals surface area contributed by atoms with E-state index in [9.17, 15) is 4.79 Å². The summed E-state index contributed by atoms with van der Waals surface area (Å²) in [5.41, 5.74) is 0.816. The summed E-state index contributed by atoms with van der Waals surface area (Å²) in [6, 6.07) is 5.44. The van der Waals surface area contributed by atoms with Crippen molar-refractivity contribution in [3.05, 3.63) is 18.2 Å². The van der Waals surface area contributed by atoms with Crippen molar-refractivity contribution >= 4 is 17.7 Å². The predicted octanol–water partition coefficient (Wildman–Crippen LogP) is 3.24. The number of benzene rings is 1. The lowest BCUT2D eigenvalue weighted by molar-refractivity contribution is 0.147. The minimum Gasteiger partial charge on any atom is -0.493 e. The SMILES string of the molecule is CCNC(=NCC(CC(C)C)NC(=O)OCC)Nc1ccc(OC)c(OC)c1. The van der Waals surface area contributed by atoms with Gasteiger partial charge in [0.1, 0.15) is 0 Å². The first-order chi connectivity index (χ1) is 13.4. The number of nitrogens with zero attached hydrogens (tertiary/aromatic N) is 1. The Kier molecular flexibility index (Phi) is 10.6. The number of aliphatic imine (C=N–C) groups is 1. The molecule has 0 saturated heterocycles. The van der Waals surface area contributed by atoms with Crippen LogP contribution in [0.2, 0.25) is 0 Å². The van der Waals surface area contributed by atoms with Crippen molar-refractivity contribution in [3.8, 4) is 11.5 Å². The molecule has 8 heteroatoms. The third-order valence-electron chi connectivity index (χ3n) is 3.81. The molecule has 0 saturated carbocycles. The number of guanidine groups is 1. The van der Waals surface area contributed by atoms with E-state index >= 15 is 0 Å². The molecular weight excluding hydrogens is 360 g/mol. The van der Waals surface area contributed by atoms with E-state index in [-0.39, 0.29) is 6.04 Å². The van der Waals surface area contributed by atoms with E-state index in [0.29, 0.717) is 43.1 Å². The standard InChI is InChI=1S/C20H34N4O4/c1-7-21-19(23-15-9-10-17(26-5)18(12-15)27-6)22-13-16(11-14(3)4)24-20(25)28-8-2/h9-10,12,14,16H,7-8,11,13H2,1-6H3,(H,24,25)(H2,21,22,23). The summed E-state index contributed by atoms with van der Waals surface area (Å²) in [5.74, 6) is 2.33. The summed E-state index contributed by atoms with van der Waals surface area (Å²) in [4.78, 5) is 16.4. The zero-order chi connectivity index (χ0) is 20.9. The summed E-state index contributed by atoms with van der Waals surface area (Å²) in [6.45, 7) is 9.47. The maximum atomic E-state index is 11.8. The van der Waals surface area contributed by atoms with Gasteiger partial charge in [-0.15, -0.1) is 0 Å². The average Bonchev–Trinajstić information content (AvgIpc) is 2.65. The molecule has 0 heterocycles. The Morgan fingerprint density at radius 3 is 2.43 bits per heavy atom. The fourth-order valence-corrected chi connectivity index (χ4v) is 2.65. The number of amides is 1. The highest BCUT2D eigenvalue weighted by Crippen LogP contribution is 2.29. The van der Waals surface area contributed by atoms with E-state index < -0.39 is 6.09 Å². The second kappa shape index (κ2) is 12.7. The number of alkyl carbamates (subject to hydrolysis) is 1. The highest BCUT2D eigenvalue weighted by atomic mass is 16.5. The van der Waals surface area contributed by atoms with Crippen molar-refractivity contribution in [2.45, 2.75) is 40.2 Å². The van der Waals surface area contributed by atoms with Crippen LogP contribution >= 0.6 is 0 Å². The minimum absolute atomic E-state index is 0.111. The Balaban J connectivity index is 2.89. The first-order valence-electron chi connectivity index (χ1n) is 9.64. The molecule has 0 fully saturated rings. The van der Waals surface area contributed by atoms with Crippen molar-refractivity contribution in [1.29, 1.82) is 0 Å². The van der Waals surface area contributed by atoms with Crippen LogP contribution in [0.25, 0.3) is 0 Å². The van der Waals surface area contributed by atoms with Gasteiger partial charge in [0.25, 0.3) is 0 Å². The normalized spacial score (nSPS) is 12.3. The number of hydrogen-bond acceptors (Lipinski definition) is 5. The average molecular weight is 395 g/mol. The Bertz CT molecular complexity index is 635. The summed E-state index contributed by atoms with van der Waals surface area (Å²) < 4.78 is 15.6. The number of methoxy groups -OCH3 is 2. The molecular formula is C20H34N4O4. The lowest BCUT2D eigenvalue weighted by Gasteiger charge is -2.20. The molecule has 1 aromatic carbocycles. The molecule has 0 spiro atoms. The summed E-state index contributed by atoms with van der Waals surface area (Å²) in [7, 11) is 3.19. The molecule has 0 aliphatic heterocycles. The van der Waals surface area contributed by atoms with Crippen LogP contribution in [0.4, 0.5) is 10.5 Å². The second-order valence-corrected chi connectivity index (χ2v) is 6.61. The molecule has 1 atom stereocenters. The van der Waals surface area contributed by atoms with E-state index in [1.165, 1.54) is 0 Å². The maximum absolute atomic E-state index is 11.8. The van der Waals surface area contributed by atoms with E-state index in [1.807, 2.05) is 25.1 Å². The first-order valence-corrected chi connectivity index (χ1v) is 9.64. The van der Waals surface area contributed by atoms with Gasteiger partial charge in [0, 0.05) is 18.3 Å². The molecule has 0 aliphatic rings. The van der Waals surface area contributed by atoms with Gasteiger partial charge in [0.2, 0.25) is 0 Å². The number of nitrogens with one attached hydrogen (secondary N) is 3. The topological polar surface area (TPSA) is 93.2 Å². The third-order valence-corrected chi connectivity index (χ3v) is 3.81. The summed E-state index contributed by atoms with van der Waals surface area (Å²) in [6.07, 6.45) is 0.388. The van der Waals surface area contributed by atoms with Crippen LogP contribution in [0.1, 0.15) is 34.1 Å². The lowest BCUT2D eigenvalue weighted by Crippen LogP contribution is -2.40. The van der Waals surface area contributed by atoms with Gasteiger partial charge < -0.3 is 30.2 Å². The van der Waals surface area contributed by atoms with Gasteiger partial charge >= 0.3 is 6.09 Å². The van der Waals surface area contributed by atoms with Crippen LogP contribution in [-0.2, 0) is 4.74 Å². The van der Waals surface area contributed by atoms with Gasteiger partial charge in [-0.1, -0.05) is 13.8 Å². The first kappa shape index (κ1) is 23.4. The highest BCUT2D eigenvalue weighted by molar-refractivity contribution is 5.94. The van der Waals surface area contributed by atoms with Crippen LogP contribution in [0.15, 0.2) is 23.2 Å². The Morgan fingerprint density at radius 1 is 1.14 bits per heavy atom. The van der Waals surface area contributed by atoms with E-state index in [2.05, 4.69) is 34.8 Å². The van der Waals surface area contributed by atoms with Crippen molar-refractivity contribution < 1.29 is 19.0 Å². The molecule has 3 N–H and O–H groups in total. The zero-order valence-electron chi connectivity index (χ0n) is 17.8. The van der Waals surface area contributed by atoms with Crippen molar-refractivity contribution in [2.75, 3.05) is 39.2 Å². The molecule has 0 aromatic heterocycles. The van der Waals surface area contributed by atoms with E-state index in [0.717, 1.165) is 12.1 Å². The van der Waals surface area contributed by atoms with Gasteiger partial charge in [-0.25, -0.2) is 4.79 Å². The molecule has 158 valence electrons. The largest absolute Gasteiger partial charge is 0.493 e. The van der Waals surface area contributed by atoms with E-state index in [4.69, 9.17) is 14.2 Å². The fourth-order valence-electron chi connectivity index (χ4n) is 2.65. The molecule has 0 radical (unpaired) electrons. The molecule has 1 unspecified atom stereocenters. The monoisotopic (exact) mass is 394 g/mol. The summed E-state index contributed by atoms with van der Waals surface area (Å²) in [5, 5.41) is 9.34. The van der Waals surface area contributed by atoms with Crippen LogP contribution < -0.4 is 25.4 Å². The fraction of sp³-hybridized carbons (Fsp3) is 0.600. The molecule has 0 aliphatic carbocycles. The zero-order valence-corrected chi connectivity index (χ0v) is 17.8. The second-order valence-electron chi connectivity index (χ2n) is 6.61. The highest BCUT2D eigenvalue weighted by Gasteiger charge is 2.15. The number of carbonyl (C=O) groups excluding carboxylic acids is 1. The Hall–Kier alpha value is -2.64. The van der Waals surface area contributed by atoms with Gasteiger partial charge in [-0.3, -0.25) is 4.99 Å². The number of anilines is 1. The summed E-state index contributed by atoms with van der Waals surface area (Å²) >= 11 is 0. The number of carbonyl (C=O) groups is 1. The molecule has 1 rings (SSSR count). The number of hydrogen-bond donors (Lipinski definition) is 3. The van der Waals surface area contributed by atoms with Gasteiger partial charge in [-0.05, 0) is 38.3 Å². The third kappa shape index (κ3) is 8.37. The van der Waals surface area contributed by atoms with Gasteiger partial charge in [-0.2, -0.15) is 0 Å². The molecule has 1 aromatic rings. The van der Waals surface area contributed by atoms with Crippen LogP contribution in [0.5, 0.6) is 11.5 Å². The molecule has 28 heavy (non-hydrogen) atoms. The van der Waals surface area contributed by atoms with Crippen LogP contribution in [0.3, 0.4) is 0 Å². The van der Waals surface area contributed by atoms with Crippen LogP contribution in [-0.4, -0.2) is 52.0 Å². The number of rotatable bonds is 10. The van der Waals surface area contributed by atoms with Gasteiger partial charge in [0.05, 0.1) is 33.4 Å². The van der Waals surface area contributed by atoms with E-state index in [1.54, 1.807) is 21.1 Å². The lowest BCUT2D eigenvalue weighted by atomic mass is 10.0. The Labute approximate surface area is 168 Å². The van der Waals surface area contributed by atoms with Crippen molar-refractivity contribution in [3.63, 3.8) is 0 Å². The smallest absolute Gasteiger partial charge is 0.407 e. The molecule has 8 nitrogen and oxygen atoms in total.